The van der Waals surface area contributed by atoms with Crippen LogP contribution in [0.15, 0.2) is 23.6 Å². The molecule has 118 valence electrons. The smallest absolute Gasteiger partial charge is 0.187 e. The van der Waals surface area contributed by atoms with Crippen LogP contribution in [0.1, 0.15) is 53.4 Å². The summed E-state index contributed by atoms with van der Waals surface area (Å²) >= 11 is 1.86. The summed E-state index contributed by atoms with van der Waals surface area (Å²) in [6, 6.07) is 2.48. The van der Waals surface area contributed by atoms with Gasteiger partial charge in [-0.15, -0.1) is 0 Å². The molecule has 1 N–H and O–H groups in total. The summed E-state index contributed by atoms with van der Waals surface area (Å²) in [5, 5.41) is 5.17. The summed E-state index contributed by atoms with van der Waals surface area (Å²) in [4.78, 5) is 8.80. The highest BCUT2D eigenvalue weighted by molar-refractivity contribution is 7.99. The molecule has 1 fully saturated rings. The fourth-order valence-corrected chi connectivity index (χ4v) is 4.47. The highest BCUT2D eigenvalue weighted by Gasteiger charge is 2.37. The van der Waals surface area contributed by atoms with Gasteiger partial charge in [-0.25, -0.2) is 9.97 Å². The summed E-state index contributed by atoms with van der Waals surface area (Å²) in [7, 11) is 0. The van der Waals surface area contributed by atoms with E-state index in [0.29, 0.717) is 16.7 Å². The quantitative estimate of drug-likeness (QED) is 0.801. The van der Waals surface area contributed by atoms with Crippen molar-refractivity contribution in [1.29, 1.82) is 0 Å². The molecule has 3 unspecified atom stereocenters. The molecule has 4 heteroatoms. The predicted octanol–water partition coefficient (Wildman–Crippen LogP) is 4.15. The molecular formula is C17H29N3S. The van der Waals surface area contributed by atoms with Gasteiger partial charge in [-0.3, -0.25) is 0 Å². The molecule has 0 bridgehead atoms. The topological polar surface area (TPSA) is 37.8 Å². The molecule has 0 radical (unpaired) electrons. The molecule has 1 heterocycles. The first-order valence-electron chi connectivity index (χ1n) is 8.24. The maximum Gasteiger partial charge on any atom is 0.187 e. The van der Waals surface area contributed by atoms with Gasteiger partial charge in [-0.1, -0.05) is 45.9 Å². The third-order valence-corrected chi connectivity index (χ3v) is 6.32. The van der Waals surface area contributed by atoms with Crippen LogP contribution in [-0.4, -0.2) is 27.8 Å². The van der Waals surface area contributed by atoms with Crippen molar-refractivity contribution >= 4 is 11.8 Å². The van der Waals surface area contributed by atoms with Crippen molar-refractivity contribution in [3.05, 3.63) is 18.5 Å². The molecule has 0 spiro atoms. The lowest BCUT2D eigenvalue weighted by molar-refractivity contribution is 0.141. The Morgan fingerprint density at radius 3 is 2.57 bits per heavy atom. The van der Waals surface area contributed by atoms with Crippen LogP contribution in [-0.2, 0) is 0 Å². The third kappa shape index (κ3) is 4.43. The SMILES string of the molecule is CCNC1CCC(C(C)(C)CC)CC1Sc1ncccn1. The lowest BCUT2D eigenvalue weighted by Gasteiger charge is -2.43. The Kier molecular flexibility index (Phi) is 6.06. The standard InChI is InChI=1S/C17H29N3S/c1-5-17(3,4)13-8-9-14(18-6-2)15(12-13)21-16-19-10-7-11-20-16/h7,10-11,13-15,18H,5-6,8-9,12H2,1-4H3. The van der Waals surface area contributed by atoms with Gasteiger partial charge < -0.3 is 5.32 Å². The van der Waals surface area contributed by atoms with Gasteiger partial charge in [0.15, 0.2) is 5.16 Å². The summed E-state index contributed by atoms with van der Waals surface area (Å²) < 4.78 is 0. The molecule has 3 atom stereocenters. The van der Waals surface area contributed by atoms with E-state index in [1.807, 2.05) is 30.2 Å². The van der Waals surface area contributed by atoms with E-state index in [-0.39, 0.29) is 0 Å². The Morgan fingerprint density at radius 2 is 1.95 bits per heavy atom. The zero-order valence-electron chi connectivity index (χ0n) is 13.8. The molecule has 1 aromatic heterocycles. The number of nitrogens with one attached hydrogen (secondary N) is 1. The van der Waals surface area contributed by atoms with Gasteiger partial charge in [0, 0.05) is 23.7 Å². The first kappa shape index (κ1) is 16.8. The highest BCUT2D eigenvalue weighted by atomic mass is 32.2. The van der Waals surface area contributed by atoms with E-state index < -0.39 is 0 Å². The van der Waals surface area contributed by atoms with Gasteiger partial charge in [-0.05, 0) is 43.2 Å². The molecular weight excluding hydrogens is 278 g/mol. The summed E-state index contributed by atoms with van der Waals surface area (Å²) in [6.07, 6.45) is 8.81. The minimum atomic E-state index is 0.438. The summed E-state index contributed by atoms with van der Waals surface area (Å²) in [5.74, 6) is 0.804. The second-order valence-corrected chi connectivity index (χ2v) is 7.91. The van der Waals surface area contributed by atoms with E-state index in [1.54, 1.807) is 0 Å². The van der Waals surface area contributed by atoms with Crippen molar-refractivity contribution in [2.45, 2.75) is 69.8 Å². The van der Waals surface area contributed by atoms with Crippen LogP contribution < -0.4 is 5.32 Å². The predicted molar refractivity (Wildman–Crippen MR) is 90.6 cm³/mol. The van der Waals surface area contributed by atoms with Crippen LogP contribution >= 0.6 is 11.8 Å². The minimum absolute atomic E-state index is 0.438. The molecule has 1 aromatic rings. The van der Waals surface area contributed by atoms with Crippen LogP contribution in [0.25, 0.3) is 0 Å². The average molecular weight is 308 g/mol. The minimum Gasteiger partial charge on any atom is -0.313 e. The molecule has 0 amide bonds. The fraction of sp³-hybridized carbons (Fsp3) is 0.765. The molecule has 21 heavy (non-hydrogen) atoms. The van der Waals surface area contributed by atoms with Gasteiger partial charge in [0.2, 0.25) is 0 Å². The normalized spacial score (nSPS) is 26.8. The molecule has 3 nitrogen and oxygen atoms in total. The highest BCUT2D eigenvalue weighted by Crippen LogP contribution is 2.44. The number of aromatic nitrogens is 2. The van der Waals surface area contributed by atoms with Crippen molar-refractivity contribution in [1.82, 2.24) is 15.3 Å². The number of nitrogens with zero attached hydrogens (tertiary/aromatic N) is 2. The second-order valence-electron chi connectivity index (χ2n) is 6.70. The zero-order chi connectivity index (χ0) is 15.3. The molecule has 0 saturated heterocycles. The Morgan fingerprint density at radius 1 is 1.24 bits per heavy atom. The lowest BCUT2D eigenvalue weighted by Crippen LogP contribution is -2.45. The first-order chi connectivity index (χ1) is 10.1. The van der Waals surface area contributed by atoms with Crippen LogP contribution in [0, 0.1) is 11.3 Å². The van der Waals surface area contributed by atoms with Gasteiger partial charge in [0.1, 0.15) is 0 Å². The second kappa shape index (κ2) is 7.59. The number of hydrogen-bond donors (Lipinski definition) is 1. The van der Waals surface area contributed by atoms with Crippen LogP contribution in [0.2, 0.25) is 0 Å². The van der Waals surface area contributed by atoms with Crippen LogP contribution in [0.5, 0.6) is 0 Å². The maximum atomic E-state index is 4.40. The van der Waals surface area contributed by atoms with E-state index in [9.17, 15) is 0 Å². The molecule has 1 aliphatic rings. The lowest BCUT2D eigenvalue weighted by atomic mass is 9.68. The molecule has 1 saturated carbocycles. The largest absolute Gasteiger partial charge is 0.313 e. The molecule has 1 aliphatic carbocycles. The Labute approximate surface area is 133 Å². The summed E-state index contributed by atoms with van der Waals surface area (Å²) in [5.41, 5.74) is 0.438. The fourth-order valence-electron chi connectivity index (χ4n) is 3.24. The molecule has 0 aromatic carbocycles. The average Bonchev–Trinajstić information content (AvgIpc) is 2.50. The number of thioether (sulfide) groups is 1. The first-order valence-corrected chi connectivity index (χ1v) is 9.11. The van der Waals surface area contributed by atoms with Crippen molar-refractivity contribution in [2.75, 3.05) is 6.54 Å². The van der Waals surface area contributed by atoms with Gasteiger partial charge in [0.05, 0.1) is 0 Å². The van der Waals surface area contributed by atoms with Gasteiger partial charge in [0.25, 0.3) is 0 Å². The van der Waals surface area contributed by atoms with Crippen LogP contribution in [0.4, 0.5) is 0 Å². The van der Waals surface area contributed by atoms with E-state index in [0.717, 1.165) is 17.6 Å². The van der Waals surface area contributed by atoms with Crippen molar-refractivity contribution in [3.8, 4) is 0 Å². The van der Waals surface area contributed by atoms with E-state index in [2.05, 4.69) is 43.0 Å². The van der Waals surface area contributed by atoms with Crippen LogP contribution in [0.3, 0.4) is 0 Å². The number of hydrogen-bond acceptors (Lipinski definition) is 4. The molecule has 2 rings (SSSR count). The van der Waals surface area contributed by atoms with Crippen molar-refractivity contribution < 1.29 is 0 Å². The van der Waals surface area contributed by atoms with E-state index >= 15 is 0 Å². The molecule has 0 aliphatic heterocycles. The monoisotopic (exact) mass is 307 g/mol. The maximum absolute atomic E-state index is 4.40. The van der Waals surface area contributed by atoms with Gasteiger partial charge >= 0.3 is 0 Å². The van der Waals surface area contributed by atoms with E-state index in [1.165, 1.54) is 25.7 Å². The summed E-state index contributed by atoms with van der Waals surface area (Å²) in [6.45, 7) is 10.4. The Balaban J connectivity index is 2.08. The third-order valence-electron chi connectivity index (χ3n) is 5.07. The van der Waals surface area contributed by atoms with Crippen molar-refractivity contribution in [3.63, 3.8) is 0 Å². The Bertz CT molecular complexity index is 421. The Hall–Kier alpha value is -0.610. The van der Waals surface area contributed by atoms with Gasteiger partial charge in [-0.2, -0.15) is 0 Å². The number of rotatable bonds is 6. The zero-order valence-corrected chi connectivity index (χ0v) is 14.6. The van der Waals surface area contributed by atoms with E-state index in [4.69, 9.17) is 0 Å². The van der Waals surface area contributed by atoms with Crippen molar-refractivity contribution in [2.24, 2.45) is 11.3 Å².